The number of carbonyl (C=O) groups excluding carboxylic acids is 1. The Kier molecular flexibility index (Phi) is 5.87. The molecule has 0 radical (unpaired) electrons. The molecule has 2 aromatic rings. The number of fused-ring (bicyclic) bond motifs is 1. The maximum atomic E-state index is 12.5. The van der Waals surface area contributed by atoms with E-state index in [0.717, 1.165) is 36.8 Å². The third-order valence-electron chi connectivity index (χ3n) is 4.74. The van der Waals surface area contributed by atoms with E-state index in [0.29, 0.717) is 13.0 Å². The van der Waals surface area contributed by atoms with Crippen LogP contribution in [0.5, 0.6) is 0 Å². The number of aryl methyl sites for hydroxylation is 1. The summed E-state index contributed by atoms with van der Waals surface area (Å²) in [6.45, 7) is 0.800. The Bertz CT molecular complexity index is 726. The fraction of sp³-hybridized carbons (Fsp3) is 0.400. The van der Waals surface area contributed by atoms with Gasteiger partial charge >= 0.3 is 5.97 Å². The number of unbranched alkanes of at least 4 members (excludes halogenated alkanes) is 2. The Hall–Kier alpha value is -2.14. The monoisotopic (exact) mass is 357 g/mol. The maximum absolute atomic E-state index is 12.5. The topological polar surface area (TPSA) is 57.6 Å². The van der Waals surface area contributed by atoms with Crippen molar-refractivity contribution in [1.82, 2.24) is 4.90 Å². The van der Waals surface area contributed by atoms with E-state index in [1.54, 1.807) is 16.2 Å². The maximum Gasteiger partial charge on any atom is 0.312 e. The third-order valence-corrected chi connectivity index (χ3v) is 5.68. The number of amides is 1. The average molecular weight is 357 g/mol. The van der Waals surface area contributed by atoms with Crippen LogP contribution in [0, 0.1) is 0 Å². The van der Waals surface area contributed by atoms with Crippen molar-refractivity contribution < 1.29 is 14.7 Å². The first-order chi connectivity index (χ1) is 12.1. The average Bonchev–Trinajstić information content (AvgIpc) is 3.13. The van der Waals surface area contributed by atoms with E-state index < -0.39 is 11.9 Å². The fourth-order valence-electron chi connectivity index (χ4n) is 3.37. The summed E-state index contributed by atoms with van der Waals surface area (Å²) in [6, 6.07) is 11.8. The Labute approximate surface area is 152 Å². The van der Waals surface area contributed by atoms with Gasteiger partial charge in [0.1, 0.15) is 0 Å². The molecule has 0 saturated heterocycles. The van der Waals surface area contributed by atoms with Crippen molar-refractivity contribution in [2.45, 2.75) is 44.6 Å². The number of carbonyl (C=O) groups is 2. The largest absolute Gasteiger partial charge is 0.481 e. The van der Waals surface area contributed by atoms with Crippen molar-refractivity contribution in [3.8, 4) is 0 Å². The van der Waals surface area contributed by atoms with Gasteiger partial charge in [-0.15, -0.1) is 11.3 Å². The number of carboxylic acids is 1. The number of thiophene rings is 1. The number of hydrogen-bond acceptors (Lipinski definition) is 3. The van der Waals surface area contributed by atoms with Gasteiger partial charge in [0.2, 0.25) is 5.91 Å². The first kappa shape index (κ1) is 17.7. The van der Waals surface area contributed by atoms with Crippen molar-refractivity contribution in [1.29, 1.82) is 0 Å². The van der Waals surface area contributed by atoms with Crippen LogP contribution in [0.2, 0.25) is 0 Å². The normalized spacial score (nSPS) is 16.5. The predicted octanol–water partition coefficient (Wildman–Crippen LogP) is 4.06. The second-order valence-electron chi connectivity index (χ2n) is 6.50. The molecule has 1 aliphatic rings. The summed E-state index contributed by atoms with van der Waals surface area (Å²) in [5, 5.41) is 11.6. The van der Waals surface area contributed by atoms with Crippen LogP contribution in [0.3, 0.4) is 0 Å². The molecule has 1 N–H and O–H groups in total. The lowest BCUT2D eigenvalue weighted by atomic mass is 9.89. The van der Waals surface area contributed by atoms with Gasteiger partial charge in [0.05, 0.1) is 5.92 Å². The molecule has 1 aliphatic heterocycles. The second kappa shape index (κ2) is 8.30. The zero-order valence-corrected chi connectivity index (χ0v) is 15.0. The smallest absolute Gasteiger partial charge is 0.312 e. The van der Waals surface area contributed by atoms with Gasteiger partial charge in [-0.05, 0) is 41.8 Å². The molecule has 2 heterocycles. The summed E-state index contributed by atoms with van der Waals surface area (Å²) >= 11 is 1.78. The molecule has 3 rings (SSSR count). The molecule has 1 amide bonds. The van der Waals surface area contributed by atoms with Gasteiger partial charge < -0.3 is 10.0 Å². The van der Waals surface area contributed by atoms with Gasteiger partial charge in [0.25, 0.3) is 0 Å². The van der Waals surface area contributed by atoms with Gasteiger partial charge in [-0.2, -0.15) is 0 Å². The SMILES string of the molecule is O=C(O)C1CN(C(=O)CCCCCc2cccs2)Cc2ccccc21. The van der Waals surface area contributed by atoms with E-state index in [-0.39, 0.29) is 12.5 Å². The van der Waals surface area contributed by atoms with Crippen molar-refractivity contribution in [3.05, 3.63) is 57.8 Å². The van der Waals surface area contributed by atoms with E-state index in [4.69, 9.17) is 0 Å². The van der Waals surface area contributed by atoms with E-state index >= 15 is 0 Å². The molecule has 132 valence electrons. The molecule has 0 bridgehead atoms. The van der Waals surface area contributed by atoms with Crippen LogP contribution in [0.25, 0.3) is 0 Å². The molecule has 1 atom stereocenters. The summed E-state index contributed by atoms with van der Waals surface area (Å²) in [5.74, 6) is -1.41. The molecule has 1 aromatic carbocycles. The highest BCUT2D eigenvalue weighted by Crippen LogP contribution is 2.29. The van der Waals surface area contributed by atoms with Gasteiger partial charge in [-0.3, -0.25) is 9.59 Å². The van der Waals surface area contributed by atoms with Gasteiger partial charge in [0.15, 0.2) is 0 Å². The molecule has 0 fully saturated rings. The lowest BCUT2D eigenvalue weighted by Crippen LogP contribution is -2.40. The summed E-state index contributed by atoms with van der Waals surface area (Å²) in [7, 11) is 0. The van der Waals surface area contributed by atoms with Crippen LogP contribution >= 0.6 is 11.3 Å². The molecular formula is C20H23NO3S. The standard InChI is InChI=1S/C20H23NO3S/c22-19(11-3-1-2-8-16-9-6-12-25-16)21-13-15-7-4-5-10-17(15)18(14-21)20(23)24/h4-7,9-10,12,18H,1-3,8,11,13-14H2,(H,23,24). The Morgan fingerprint density at radius 1 is 1.12 bits per heavy atom. The number of benzene rings is 1. The van der Waals surface area contributed by atoms with Crippen LogP contribution in [0.1, 0.15) is 47.6 Å². The second-order valence-corrected chi connectivity index (χ2v) is 7.54. The lowest BCUT2D eigenvalue weighted by Gasteiger charge is -2.33. The van der Waals surface area contributed by atoms with Gasteiger partial charge in [-0.1, -0.05) is 36.8 Å². The van der Waals surface area contributed by atoms with Crippen molar-refractivity contribution in [3.63, 3.8) is 0 Å². The third kappa shape index (κ3) is 4.48. The summed E-state index contributed by atoms with van der Waals surface area (Å²) in [5.41, 5.74) is 1.79. The van der Waals surface area contributed by atoms with Gasteiger partial charge in [-0.25, -0.2) is 0 Å². The van der Waals surface area contributed by atoms with Crippen molar-refractivity contribution >= 4 is 23.2 Å². The zero-order chi connectivity index (χ0) is 17.6. The molecule has 0 saturated carbocycles. The minimum absolute atomic E-state index is 0.0666. The molecule has 0 spiro atoms. The van der Waals surface area contributed by atoms with Gasteiger partial charge in [0, 0.05) is 24.4 Å². The molecule has 5 heteroatoms. The Balaban J connectivity index is 1.50. The minimum atomic E-state index is -0.860. The first-order valence-electron chi connectivity index (χ1n) is 8.76. The highest BCUT2D eigenvalue weighted by Gasteiger charge is 2.31. The minimum Gasteiger partial charge on any atom is -0.481 e. The summed E-state index contributed by atoms with van der Waals surface area (Å²) in [4.78, 5) is 27.2. The predicted molar refractivity (Wildman–Crippen MR) is 98.7 cm³/mol. The molecule has 0 aliphatic carbocycles. The Morgan fingerprint density at radius 3 is 2.72 bits per heavy atom. The fourth-order valence-corrected chi connectivity index (χ4v) is 4.12. The molecule has 1 unspecified atom stereocenters. The molecule has 4 nitrogen and oxygen atoms in total. The number of aliphatic carboxylic acids is 1. The van der Waals surface area contributed by atoms with E-state index in [9.17, 15) is 14.7 Å². The number of rotatable bonds is 7. The number of carboxylic acid groups (broad SMARTS) is 1. The van der Waals surface area contributed by atoms with Crippen LogP contribution in [0.4, 0.5) is 0 Å². The summed E-state index contributed by atoms with van der Waals surface area (Å²) < 4.78 is 0. The van der Waals surface area contributed by atoms with Crippen LogP contribution in [0.15, 0.2) is 41.8 Å². The molecule has 1 aromatic heterocycles. The summed E-state index contributed by atoms with van der Waals surface area (Å²) in [6.07, 6.45) is 4.55. The van der Waals surface area contributed by atoms with E-state index in [1.807, 2.05) is 24.3 Å². The van der Waals surface area contributed by atoms with Crippen molar-refractivity contribution in [2.75, 3.05) is 6.54 Å². The lowest BCUT2D eigenvalue weighted by molar-refractivity contribution is -0.141. The van der Waals surface area contributed by atoms with Crippen LogP contribution in [-0.4, -0.2) is 28.4 Å². The van der Waals surface area contributed by atoms with E-state index in [1.165, 1.54) is 4.88 Å². The first-order valence-corrected chi connectivity index (χ1v) is 9.64. The number of hydrogen-bond donors (Lipinski definition) is 1. The van der Waals surface area contributed by atoms with E-state index in [2.05, 4.69) is 17.5 Å². The molecule has 25 heavy (non-hydrogen) atoms. The molecular weight excluding hydrogens is 334 g/mol. The quantitative estimate of drug-likeness (QED) is 0.760. The highest BCUT2D eigenvalue weighted by atomic mass is 32.1. The highest BCUT2D eigenvalue weighted by molar-refractivity contribution is 7.09. The van der Waals surface area contributed by atoms with Crippen molar-refractivity contribution in [2.24, 2.45) is 0 Å². The van der Waals surface area contributed by atoms with Crippen LogP contribution < -0.4 is 0 Å². The Morgan fingerprint density at radius 2 is 1.96 bits per heavy atom. The number of nitrogens with zero attached hydrogens (tertiary/aromatic N) is 1. The zero-order valence-electron chi connectivity index (χ0n) is 14.2. The van der Waals surface area contributed by atoms with Crippen LogP contribution in [-0.2, 0) is 22.6 Å².